The second kappa shape index (κ2) is 11.9. The quantitative estimate of drug-likeness (QED) is 0.164. The third kappa shape index (κ3) is 5.22. The van der Waals surface area contributed by atoms with Crippen molar-refractivity contribution in [1.82, 2.24) is 19.6 Å². The summed E-state index contributed by atoms with van der Waals surface area (Å²) in [6, 6.07) is 37.6. The van der Waals surface area contributed by atoms with Gasteiger partial charge < -0.3 is 0 Å². The van der Waals surface area contributed by atoms with Crippen LogP contribution in [0.25, 0.3) is 38.5 Å². The number of hydrogen-bond donors (Lipinski definition) is 0. The fourth-order valence-electron chi connectivity index (χ4n) is 6.46. The maximum Gasteiger partial charge on any atom is 2.00 e. The van der Waals surface area contributed by atoms with Gasteiger partial charge in [-0.05, 0) is 22.2 Å². The molecule has 4 aromatic carbocycles. The number of nitrogens with zero attached hydrogens (tertiary/aromatic N) is 6. The summed E-state index contributed by atoms with van der Waals surface area (Å²) in [6.45, 7) is 21.0. The van der Waals surface area contributed by atoms with Gasteiger partial charge in [-0.25, -0.2) is 0 Å². The molecule has 0 aliphatic carbocycles. The number of fused-ring (bicyclic) bond motifs is 10. The molecule has 0 spiro atoms. The van der Waals surface area contributed by atoms with Crippen LogP contribution in [0.1, 0.15) is 69.6 Å². The molecule has 8 bridgehead atoms. The van der Waals surface area contributed by atoms with Gasteiger partial charge in [-0.2, -0.15) is 44.8 Å². The largest absolute Gasteiger partial charge is 2.00 e. The molecule has 0 saturated heterocycles. The fraction of sp³-hybridized carbons (Fsp3) is 0.220. The standard InChI is InChI=1S/C41H34N6.Pt/c1-39(2)30-18-27(24-42)19-33(21-30)46-25-35(28-14-10-8-11-15-28)37(44-46)40(3,4)41(5,6)38-36(29-16-12-9-13-17-29)26-47(45-38)34-22-31(39)20-32(23-34)43-7;/h8-20,23,25-26H,1-6H3;/q-2;+2. The fourth-order valence-corrected chi connectivity index (χ4v) is 6.46. The maximum absolute atomic E-state index is 10.1. The third-order valence-corrected chi connectivity index (χ3v) is 10.1. The van der Waals surface area contributed by atoms with Crippen LogP contribution in [-0.4, -0.2) is 19.6 Å². The summed E-state index contributed by atoms with van der Waals surface area (Å²) in [6.07, 6.45) is 4.11. The molecule has 6 nitrogen and oxygen atoms in total. The number of aromatic nitrogens is 4. The van der Waals surface area contributed by atoms with E-state index in [1.165, 1.54) is 0 Å². The van der Waals surface area contributed by atoms with Crippen molar-refractivity contribution in [1.29, 1.82) is 5.26 Å². The Bertz CT molecular complexity index is 2080. The van der Waals surface area contributed by atoms with E-state index in [9.17, 15) is 5.26 Å². The first-order valence-corrected chi connectivity index (χ1v) is 15.7. The van der Waals surface area contributed by atoms with Gasteiger partial charge in [0.2, 0.25) is 0 Å². The van der Waals surface area contributed by atoms with E-state index in [0.29, 0.717) is 22.6 Å². The van der Waals surface area contributed by atoms with Crippen molar-refractivity contribution < 1.29 is 21.1 Å². The van der Waals surface area contributed by atoms with Crippen LogP contribution in [0.3, 0.4) is 0 Å². The Labute approximate surface area is 296 Å². The smallest absolute Gasteiger partial charge is 0.266 e. The van der Waals surface area contributed by atoms with Crippen molar-refractivity contribution >= 4 is 5.69 Å². The number of nitriles is 1. The van der Waals surface area contributed by atoms with Crippen LogP contribution in [0.4, 0.5) is 5.69 Å². The minimum Gasteiger partial charge on any atom is -0.266 e. The van der Waals surface area contributed by atoms with Crippen molar-refractivity contribution in [2.75, 3.05) is 0 Å². The van der Waals surface area contributed by atoms with Gasteiger partial charge in [-0.15, -0.1) is 18.2 Å². The molecule has 0 atom stereocenters. The second-order valence-corrected chi connectivity index (χ2v) is 13.8. The minimum atomic E-state index is -0.660. The molecule has 0 N–H and O–H groups in total. The summed E-state index contributed by atoms with van der Waals surface area (Å²) in [5.74, 6) is 0. The molecule has 7 heteroatoms. The van der Waals surface area contributed by atoms with Gasteiger partial charge >= 0.3 is 21.1 Å². The first-order chi connectivity index (χ1) is 22.4. The van der Waals surface area contributed by atoms with E-state index >= 15 is 0 Å². The normalized spacial score (nSPS) is 15.2. The second-order valence-electron chi connectivity index (χ2n) is 13.8. The van der Waals surface area contributed by atoms with Gasteiger partial charge in [-0.3, -0.25) is 14.2 Å². The predicted molar refractivity (Wildman–Crippen MR) is 185 cm³/mol. The van der Waals surface area contributed by atoms with E-state index in [2.05, 4.69) is 101 Å². The summed E-state index contributed by atoms with van der Waals surface area (Å²) in [7, 11) is 0. The van der Waals surface area contributed by atoms with Crippen molar-refractivity contribution in [2.24, 2.45) is 0 Å². The van der Waals surface area contributed by atoms with Crippen molar-refractivity contribution in [3.63, 3.8) is 0 Å². The van der Waals surface area contributed by atoms with E-state index in [4.69, 9.17) is 16.8 Å². The zero-order valence-corrected chi connectivity index (χ0v) is 30.0. The van der Waals surface area contributed by atoms with Crippen LogP contribution in [0.15, 0.2) is 97.3 Å². The van der Waals surface area contributed by atoms with Gasteiger partial charge in [0.25, 0.3) is 0 Å². The molecule has 0 amide bonds. The van der Waals surface area contributed by atoms with Gasteiger partial charge in [-0.1, -0.05) is 113 Å². The molecule has 238 valence electrons. The molecule has 0 unspecified atom stereocenters. The van der Waals surface area contributed by atoms with Crippen molar-refractivity contribution in [3.8, 4) is 39.7 Å². The Morgan fingerprint density at radius 2 is 1.15 bits per heavy atom. The molecule has 0 fully saturated rings. The van der Waals surface area contributed by atoms with Crippen LogP contribution < -0.4 is 0 Å². The molecular formula is C41H34N6Pt. The molecule has 1 aliphatic rings. The molecular weight excluding hydrogens is 772 g/mol. The average molecular weight is 806 g/mol. The molecule has 6 aromatic rings. The Kier molecular flexibility index (Phi) is 8.15. The summed E-state index contributed by atoms with van der Waals surface area (Å²) in [5, 5.41) is 20.8. The summed E-state index contributed by atoms with van der Waals surface area (Å²) >= 11 is 0. The van der Waals surface area contributed by atoms with Crippen LogP contribution >= 0.6 is 0 Å². The Morgan fingerprint density at radius 3 is 1.60 bits per heavy atom. The van der Waals surface area contributed by atoms with Crippen molar-refractivity contribution in [3.05, 3.63) is 149 Å². The van der Waals surface area contributed by atoms with E-state index < -0.39 is 16.2 Å². The van der Waals surface area contributed by atoms with E-state index in [1.54, 1.807) is 0 Å². The Balaban J connectivity index is 0.00000401. The predicted octanol–water partition coefficient (Wildman–Crippen LogP) is 9.31. The Morgan fingerprint density at radius 1 is 0.688 bits per heavy atom. The van der Waals surface area contributed by atoms with Crippen LogP contribution in [0.5, 0.6) is 0 Å². The number of benzene rings is 4. The third-order valence-electron chi connectivity index (χ3n) is 10.1. The monoisotopic (exact) mass is 805 g/mol. The summed E-state index contributed by atoms with van der Waals surface area (Å²) in [4.78, 5) is 3.84. The number of rotatable bonds is 2. The minimum absolute atomic E-state index is 0. The van der Waals surface area contributed by atoms with Gasteiger partial charge in [0, 0.05) is 34.4 Å². The zero-order chi connectivity index (χ0) is 33.1. The van der Waals surface area contributed by atoms with E-state index in [-0.39, 0.29) is 21.1 Å². The van der Waals surface area contributed by atoms with Crippen LogP contribution in [0.2, 0.25) is 0 Å². The zero-order valence-electron chi connectivity index (χ0n) is 27.7. The molecule has 1 aliphatic heterocycles. The molecule has 2 aromatic heterocycles. The molecule has 0 radical (unpaired) electrons. The molecule has 0 saturated carbocycles. The van der Waals surface area contributed by atoms with Crippen LogP contribution in [-0.2, 0) is 37.3 Å². The molecule has 7 rings (SSSR count). The topological polar surface area (TPSA) is 63.8 Å². The molecule has 48 heavy (non-hydrogen) atoms. The Hall–Kier alpha value is -5.03. The van der Waals surface area contributed by atoms with Gasteiger partial charge in [0.05, 0.1) is 29.7 Å². The first-order valence-electron chi connectivity index (χ1n) is 15.7. The molecule has 3 heterocycles. The van der Waals surface area contributed by atoms with E-state index in [0.717, 1.165) is 44.8 Å². The summed E-state index contributed by atoms with van der Waals surface area (Å²) in [5.41, 5.74) is 8.16. The van der Waals surface area contributed by atoms with Gasteiger partial charge in [0.1, 0.15) is 0 Å². The maximum atomic E-state index is 10.1. The summed E-state index contributed by atoms with van der Waals surface area (Å²) < 4.78 is 3.72. The van der Waals surface area contributed by atoms with Crippen molar-refractivity contribution in [2.45, 2.75) is 57.8 Å². The van der Waals surface area contributed by atoms with E-state index in [1.807, 2.05) is 70.0 Å². The van der Waals surface area contributed by atoms with Gasteiger partial charge in [0.15, 0.2) is 0 Å². The van der Waals surface area contributed by atoms with Crippen LogP contribution in [0, 0.1) is 30.0 Å². The first kappa shape index (κ1) is 32.9. The average Bonchev–Trinajstić information content (AvgIpc) is 3.75. The SMILES string of the molecule is [C-]#[N+]c1cc2[c-]c(c1)C(C)(C)c1[c-]c(cc(C#N)c1)-n1cc(-c3ccccc3)c(n1)C(C)(C)C(C)(C)c1nn-2cc1-c1ccccc1.[Pt+2]. The number of hydrogen-bond acceptors (Lipinski definition) is 3.